The lowest BCUT2D eigenvalue weighted by molar-refractivity contribution is 0.321. The lowest BCUT2D eigenvalue weighted by Crippen LogP contribution is -2.20. The first-order valence-corrected chi connectivity index (χ1v) is 7.89. The Morgan fingerprint density at radius 1 is 0.952 bits per heavy atom. The summed E-state index contributed by atoms with van der Waals surface area (Å²) in [6.07, 6.45) is 4.19. The standard InChI is InChI=1S/C16H15NO3S/c18-17-13-16(12-11-14-7-3-1-4-8-14)21(19,20)15-9-5-2-6-10-15/h1-13,16,18H/b12-11+,17-13+/t16-/m1/s1. The van der Waals surface area contributed by atoms with Crippen LogP contribution in [0.5, 0.6) is 0 Å². The lowest BCUT2D eigenvalue weighted by atomic mass is 10.2. The van der Waals surface area contributed by atoms with Gasteiger partial charge in [-0.25, -0.2) is 8.42 Å². The van der Waals surface area contributed by atoms with E-state index in [-0.39, 0.29) is 4.90 Å². The molecule has 0 radical (unpaired) electrons. The smallest absolute Gasteiger partial charge is 0.190 e. The Hall–Kier alpha value is -2.40. The van der Waals surface area contributed by atoms with Crippen LogP contribution in [0.15, 0.2) is 76.8 Å². The van der Waals surface area contributed by atoms with Crippen LogP contribution in [0.4, 0.5) is 0 Å². The molecule has 2 rings (SSSR count). The molecular weight excluding hydrogens is 286 g/mol. The second-order valence-corrected chi connectivity index (χ2v) is 6.46. The van der Waals surface area contributed by atoms with Gasteiger partial charge >= 0.3 is 0 Å². The molecule has 21 heavy (non-hydrogen) atoms. The molecule has 0 bridgehead atoms. The number of benzene rings is 2. The molecule has 2 aromatic carbocycles. The summed E-state index contributed by atoms with van der Waals surface area (Å²) in [6, 6.07) is 17.4. The summed E-state index contributed by atoms with van der Waals surface area (Å²) in [5.41, 5.74) is 0.872. The van der Waals surface area contributed by atoms with Gasteiger partial charge in [0.15, 0.2) is 9.84 Å². The fraction of sp³-hybridized carbons (Fsp3) is 0.0625. The van der Waals surface area contributed by atoms with Crippen LogP contribution in [-0.4, -0.2) is 25.1 Å². The van der Waals surface area contributed by atoms with Crippen LogP contribution in [0.3, 0.4) is 0 Å². The molecule has 1 atom stereocenters. The van der Waals surface area contributed by atoms with Crippen LogP contribution in [0.2, 0.25) is 0 Å². The van der Waals surface area contributed by atoms with Crippen LogP contribution in [0.1, 0.15) is 5.56 Å². The first-order valence-electron chi connectivity index (χ1n) is 6.34. The maximum Gasteiger partial charge on any atom is 0.190 e. The predicted octanol–water partition coefficient (Wildman–Crippen LogP) is 3.00. The Bertz CT molecular complexity index is 723. The number of nitrogens with zero attached hydrogens (tertiary/aromatic N) is 1. The molecule has 0 aliphatic rings. The molecule has 0 aromatic heterocycles. The van der Waals surface area contributed by atoms with E-state index in [4.69, 9.17) is 5.21 Å². The van der Waals surface area contributed by atoms with Gasteiger partial charge in [-0.2, -0.15) is 0 Å². The van der Waals surface area contributed by atoms with Crippen molar-refractivity contribution in [1.82, 2.24) is 0 Å². The van der Waals surface area contributed by atoms with Gasteiger partial charge in [0.25, 0.3) is 0 Å². The van der Waals surface area contributed by atoms with Crippen molar-refractivity contribution >= 4 is 22.1 Å². The molecule has 4 nitrogen and oxygen atoms in total. The highest BCUT2D eigenvalue weighted by molar-refractivity contribution is 7.93. The fourth-order valence-electron chi connectivity index (χ4n) is 1.84. The minimum absolute atomic E-state index is 0.188. The molecule has 0 saturated heterocycles. The Morgan fingerprint density at radius 3 is 2.10 bits per heavy atom. The van der Waals surface area contributed by atoms with E-state index in [1.54, 1.807) is 24.3 Å². The molecule has 0 spiro atoms. The van der Waals surface area contributed by atoms with Gasteiger partial charge in [0, 0.05) is 0 Å². The topological polar surface area (TPSA) is 66.7 Å². The fourth-order valence-corrected chi connectivity index (χ4v) is 3.19. The maximum atomic E-state index is 12.5. The quantitative estimate of drug-likeness (QED) is 0.524. The summed E-state index contributed by atoms with van der Waals surface area (Å²) in [7, 11) is -3.63. The molecular formula is C16H15NO3S. The van der Waals surface area contributed by atoms with Crippen LogP contribution in [-0.2, 0) is 9.84 Å². The number of hydrogen-bond acceptors (Lipinski definition) is 4. The van der Waals surface area contributed by atoms with Gasteiger partial charge in [-0.05, 0) is 17.7 Å². The average molecular weight is 301 g/mol. The van der Waals surface area contributed by atoms with Gasteiger partial charge in [0.1, 0.15) is 5.25 Å². The van der Waals surface area contributed by atoms with Crippen LogP contribution < -0.4 is 0 Å². The Kier molecular flexibility index (Phi) is 4.90. The van der Waals surface area contributed by atoms with Gasteiger partial charge in [-0.1, -0.05) is 60.7 Å². The Morgan fingerprint density at radius 2 is 1.52 bits per heavy atom. The lowest BCUT2D eigenvalue weighted by Gasteiger charge is -2.09. The van der Waals surface area contributed by atoms with Gasteiger partial charge in [0.2, 0.25) is 0 Å². The Labute approximate surface area is 124 Å². The summed E-state index contributed by atoms with van der Waals surface area (Å²) in [4.78, 5) is 0.188. The summed E-state index contributed by atoms with van der Waals surface area (Å²) in [6.45, 7) is 0. The van der Waals surface area contributed by atoms with Crippen molar-refractivity contribution in [3.05, 3.63) is 72.3 Å². The molecule has 0 aliphatic heterocycles. The zero-order chi connectivity index (χ0) is 15.1. The second-order valence-electron chi connectivity index (χ2n) is 4.36. The van der Waals surface area contributed by atoms with E-state index in [0.717, 1.165) is 11.8 Å². The van der Waals surface area contributed by atoms with E-state index in [0.29, 0.717) is 0 Å². The van der Waals surface area contributed by atoms with Crippen molar-refractivity contribution in [3.63, 3.8) is 0 Å². The molecule has 0 heterocycles. The van der Waals surface area contributed by atoms with Crippen LogP contribution in [0.25, 0.3) is 6.08 Å². The molecule has 0 saturated carbocycles. The number of oxime groups is 1. The molecule has 0 aliphatic carbocycles. The normalized spacial score (nSPS) is 13.7. The molecule has 0 unspecified atom stereocenters. The summed E-state index contributed by atoms with van der Waals surface area (Å²) in [5, 5.41) is 10.6. The highest BCUT2D eigenvalue weighted by atomic mass is 32.2. The monoisotopic (exact) mass is 301 g/mol. The van der Waals surface area contributed by atoms with Crippen molar-refractivity contribution in [2.24, 2.45) is 5.16 Å². The summed E-state index contributed by atoms with van der Waals surface area (Å²) in [5.74, 6) is 0. The largest absolute Gasteiger partial charge is 0.411 e. The second kappa shape index (κ2) is 6.85. The molecule has 5 heteroatoms. The van der Waals surface area contributed by atoms with Gasteiger partial charge in [-0.15, -0.1) is 5.16 Å². The van der Waals surface area contributed by atoms with Gasteiger partial charge < -0.3 is 5.21 Å². The minimum atomic E-state index is -3.63. The summed E-state index contributed by atoms with van der Waals surface area (Å²) >= 11 is 0. The van der Waals surface area contributed by atoms with Gasteiger partial charge in [0.05, 0.1) is 11.1 Å². The first-order chi connectivity index (χ1) is 10.1. The number of hydrogen-bond donors (Lipinski definition) is 1. The Balaban J connectivity index is 2.34. The summed E-state index contributed by atoms with van der Waals surface area (Å²) < 4.78 is 25.0. The van der Waals surface area contributed by atoms with E-state index in [1.807, 2.05) is 30.3 Å². The number of sulfone groups is 1. The van der Waals surface area contributed by atoms with E-state index < -0.39 is 15.1 Å². The van der Waals surface area contributed by atoms with Crippen LogP contribution in [0, 0.1) is 0 Å². The third kappa shape index (κ3) is 3.79. The zero-order valence-corrected chi connectivity index (χ0v) is 12.0. The van der Waals surface area contributed by atoms with Crippen molar-refractivity contribution in [2.75, 3.05) is 0 Å². The highest BCUT2D eigenvalue weighted by Crippen LogP contribution is 2.16. The third-order valence-corrected chi connectivity index (χ3v) is 4.85. The molecule has 0 fully saturated rings. The third-order valence-electron chi connectivity index (χ3n) is 2.92. The van der Waals surface area contributed by atoms with Crippen molar-refractivity contribution < 1.29 is 13.6 Å². The molecule has 108 valence electrons. The van der Waals surface area contributed by atoms with Crippen LogP contribution >= 0.6 is 0 Å². The van der Waals surface area contributed by atoms with Crippen molar-refractivity contribution in [2.45, 2.75) is 10.1 Å². The first kappa shape index (κ1) is 15.0. The number of rotatable bonds is 5. The molecule has 2 aromatic rings. The SMILES string of the molecule is O=S(=O)(c1ccccc1)[C@H](/C=C/c1ccccc1)/C=N/O. The minimum Gasteiger partial charge on any atom is -0.411 e. The molecule has 0 amide bonds. The van der Waals surface area contributed by atoms with E-state index in [1.165, 1.54) is 18.2 Å². The van der Waals surface area contributed by atoms with E-state index >= 15 is 0 Å². The van der Waals surface area contributed by atoms with E-state index in [9.17, 15) is 8.42 Å². The van der Waals surface area contributed by atoms with Crippen molar-refractivity contribution in [1.29, 1.82) is 0 Å². The van der Waals surface area contributed by atoms with Gasteiger partial charge in [-0.3, -0.25) is 0 Å². The maximum absolute atomic E-state index is 12.5. The zero-order valence-electron chi connectivity index (χ0n) is 11.2. The molecule has 1 N–H and O–H groups in total. The average Bonchev–Trinajstić information content (AvgIpc) is 2.53. The van der Waals surface area contributed by atoms with E-state index in [2.05, 4.69) is 5.16 Å². The van der Waals surface area contributed by atoms with Crippen molar-refractivity contribution in [3.8, 4) is 0 Å². The predicted molar refractivity (Wildman–Crippen MR) is 83.2 cm³/mol. The highest BCUT2D eigenvalue weighted by Gasteiger charge is 2.23.